The molecular weight excluding hydrogens is 244 g/mol. The first kappa shape index (κ1) is 13.1. The molecule has 0 aliphatic carbocycles. The number of aromatic nitrogens is 2. The second kappa shape index (κ2) is 5.14. The molecule has 0 fully saturated rings. The summed E-state index contributed by atoms with van der Waals surface area (Å²) in [7, 11) is 5.00. The van der Waals surface area contributed by atoms with E-state index in [0.717, 1.165) is 17.0 Å². The largest absolute Gasteiger partial charge is 0.497 e. The molecule has 100 valence electrons. The molecule has 19 heavy (non-hydrogen) atoms. The van der Waals surface area contributed by atoms with Crippen molar-refractivity contribution in [3.63, 3.8) is 0 Å². The molecule has 0 saturated carbocycles. The van der Waals surface area contributed by atoms with E-state index in [-0.39, 0.29) is 5.78 Å². The van der Waals surface area contributed by atoms with Crippen LogP contribution in [0, 0.1) is 0 Å². The van der Waals surface area contributed by atoms with Crippen LogP contribution >= 0.6 is 0 Å². The summed E-state index contributed by atoms with van der Waals surface area (Å²) in [4.78, 5) is 11.4. The lowest BCUT2D eigenvalue weighted by molar-refractivity contribution is 0.101. The third-order valence-corrected chi connectivity index (χ3v) is 2.93. The lowest BCUT2D eigenvalue weighted by Crippen LogP contribution is -1.98. The van der Waals surface area contributed by atoms with Crippen molar-refractivity contribution in [1.29, 1.82) is 0 Å². The van der Waals surface area contributed by atoms with Crippen LogP contribution in [0.1, 0.15) is 17.4 Å². The number of hydrogen-bond acceptors (Lipinski definition) is 4. The van der Waals surface area contributed by atoms with Gasteiger partial charge in [-0.05, 0) is 18.2 Å². The van der Waals surface area contributed by atoms with E-state index in [1.165, 1.54) is 6.92 Å². The molecule has 0 N–H and O–H groups in total. The van der Waals surface area contributed by atoms with Gasteiger partial charge in [-0.2, -0.15) is 5.10 Å². The van der Waals surface area contributed by atoms with Crippen molar-refractivity contribution in [2.45, 2.75) is 6.92 Å². The molecule has 0 radical (unpaired) electrons. The third-order valence-electron chi connectivity index (χ3n) is 2.93. The molecule has 0 atom stereocenters. The quantitative estimate of drug-likeness (QED) is 0.791. The summed E-state index contributed by atoms with van der Waals surface area (Å²) in [5, 5.41) is 4.18. The van der Waals surface area contributed by atoms with E-state index in [9.17, 15) is 4.79 Å². The topological polar surface area (TPSA) is 53.3 Å². The van der Waals surface area contributed by atoms with Crippen LogP contribution in [0.15, 0.2) is 24.3 Å². The van der Waals surface area contributed by atoms with Crippen LogP contribution in [0.3, 0.4) is 0 Å². The molecule has 1 heterocycles. The van der Waals surface area contributed by atoms with Crippen molar-refractivity contribution < 1.29 is 14.3 Å². The number of Topliss-reactive ketones (excluding diaryl/α,β-unsaturated/α-hetero) is 1. The minimum Gasteiger partial charge on any atom is -0.497 e. The van der Waals surface area contributed by atoms with Gasteiger partial charge >= 0.3 is 0 Å². The first-order chi connectivity index (χ1) is 9.06. The van der Waals surface area contributed by atoms with Crippen LogP contribution in [0.2, 0.25) is 0 Å². The Labute approximate surface area is 111 Å². The standard InChI is InChI=1S/C14H16N2O3/c1-9(17)12-8-13(16(2)15-12)11-6-5-10(18-3)7-14(11)19-4/h5-8H,1-4H3. The zero-order valence-electron chi connectivity index (χ0n) is 11.4. The Morgan fingerprint density at radius 3 is 2.47 bits per heavy atom. The van der Waals surface area contributed by atoms with Gasteiger partial charge in [-0.3, -0.25) is 9.48 Å². The number of rotatable bonds is 4. The number of carbonyl (C=O) groups excluding carboxylic acids is 1. The second-order valence-corrected chi connectivity index (χ2v) is 4.16. The van der Waals surface area contributed by atoms with Crippen LogP contribution in [0.5, 0.6) is 11.5 Å². The monoisotopic (exact) mass is 260 g/mol. The minimum absolute atomic E-state index is 0.0608. The van der Waals surface area contributed by atoms with Crippen molar-refractivity contribution >= 4 is 5.78 Å². The zero-order chi connectivity index (χ0) is 14.0. The number of methoxy groups -OCH3 is 2. The van der Waals surface area contributed by atoms with E-state index in [1.54, 1.807) is 38.1 Å². The van der Waals surface area contributed by atoms with E-state index in [0.29, 0.717) is 11.4 Å². The van der Waals surface area contributed by atoms with Crippen LogP contribution < -0.4 is 9.47 Å². The van der Waals surface area contributed by atoms with Crippen LogP contribution in [-0.4, -0.2) is 29.8 Å². The summed E-state index contributed by atoms with van der Waals surface area (Å²) in [6, 6.07) is 7.29. The first-order valence-corrected chi connectivity index (χ1v) is 5.84. The Morgan fingerprint density at radius 2 is 1.95 bits per heavy atom. The molecule has 1 aromatic carbocycles. The Morgan fingerprint density at radius 1 is 1.21 bits per heavy atom. The van der Waals surface area contributed by atoms with Crippen molar-refractivity contribution in [3.8, 4) is 22.8 Å². The smallest absolute Gasteiger partial charge is 0.180 e. The maximum Gasteiger partial charge on any atom is 0.180 e. The molecule has 0 aliphatic heterocycles. The molecule has 0 spiro atoms. The Kier molecular flexibility index (Phi) is 3.55. The summed E-state index contributed by atoms with van der Waals surface area (Å²) in [6.07, 6.45) is 0. The summed E-state index contributed by atoms with van der Waals surface area (Å²) >= 11 is 0. The maximum atomic E-state index is 11.4. The average molecular weight is 260 g/mol. The van der Waals surface area contributed by atoms with Gasteiger partial charge in [-0.1, -0.05) is 0 Å². The number of hydrogen-bond donors (Lipinski definition) is 0. The van der Waals surface area contributed by atoms with Crippen molar-refractivity contribution in [1.82, 2.24) is 9.78 Å². The van der Waals surface area contributed by atoms with Gasteiger partial charge in [0.2, 0.25) is 0 Å². The number of ether oxygens (including phenoxy) is 2. The van der Waals surface area contributed by atoms with Gasteiger partial charge in [-0.25, -0.2) is 0 Å². The third kappa shape index (κ3) is 2.45. The van der Waals surface area contributed by atoms with Gasteiger partial charge in [-0.15, -0.1) is 0 Å². The van der Waals surface area contributed by atoms with E-state index in [4.69, 9.17) is 9.47 Å². The Hall–Kier alpha value is -2.30. The number of nitrogens with zero attached hydrogens (tertiary/aromatic N) is 2. The number of ketones is 1. The van der Waals surface area contributed by atoms with Gasteiger partial charge in [0.1, 0.15) is 17.2 Å². The SMILES string of the molecule is COc1ccc(-c2cc(C(C)=O)nn2C)c(OC)c1. The van der Waals surface area contributed by atoms with Gasteiger partial charge in [0.25, 0.3) is 0 Å². The fourth-order valence-corrected chi connectivity index (χ4v) is 1.90. The van der Waals surface area contributed by atoms with Crippen LogP contribution in [0.4, 0.5) is 0 Å². The highest BCUT2D eigenvalue weighted by molar-refractivity contribution is 5.93. The lowest BCUT2D eigenvalue weighted by Gasteiger charge is -2.10. The summed E-state index contributed by atoms with van der Waals surface area (Å²) in [5.41, 5.74) is 2.13. The molecule has 0 saturated heterocycles. The van der Waals surface area contributed by atoms with Gasteiger partial charge in [0, 0.05) is 25.6 Å². The van der Waals surface area contributed by atoms with E-state index < -0.39 is 0 Å². The number of aryl methyl sites for hydroxylation is 1. The van der Waals surface area contributed by atoms with E-state index in [2.05, 4.69) is 5.10 Å². The molecule has 5 heteroatoms. The highest BCUT2D eigenvalue weighted by Gasteiger charge is 2.14. The van der Waals surface area contributed by atoms with Crippen LogP contribution in [-0.2, 0) is 7.05 Å². The Balaban J connectivity index is 2.55. The van der Waals surface area contributed by atoms with E-state index in [1.807, 2.05) is 12.1 Å². The molecule has 5 nitrogen and oxygen atoms in total. The second-order valence-electron chi connectivity index (χ2n) is 4.16. The molecule has 0 aliphatic rings. The molecule has 1 aromatic heterocycles. The molecular formula is C14H16N2O3. The minimum atomic E-state index is -0.0608. The van der Waals surface area contributed by atoms with E-state index >= 15 is 0 Å². The number of carbonyl (C=O) groups is 1. The highest BCUT2D eigenvalue weighted by Crippen LogP contribution is 2.33. The summed E-state index contributed by atoms with van der Waals surface area (Å²) in [6.45, 7) is 1.50. The fourth-order valence-electron chi connectivity index (χ4n) is 1.90. The zero-order valence-corrected chi connectivity index (χ0v) is 11.4. The normalized spacial score (nSPS) is 10.3. The lowest BCUT2D eigenvalue weighted by atomic mass is 10.1. The first-order valence-electron chi connectivity index (χ1n) is 5.84. The number of benzene rings is 1. The van der Waals surface area contributed by atoms with Gasteiger partial charge < -0.3 is 9.47 Å². The van der Waals surface area contributed by atoms with Crippen molar-refractivity contribution in [2.24, 2.45) is 7.05 Å². The van der Waals surface area contributed by atoms with Crippen molar-refractivity contribution in [3.05, 3.63) is 30.0 Å². The fraction of sp³-hybridized carbons (Fsp3) is 0.286. The molecule has 0 bridgehead atoms. The van der Waals surface area contributed by atoms with Gasteiger partial charge in [0.05, 0.1) is 19.9 Å². The molecule has 0 amide bonds. The Bertz CT molecular complexity index is 617. The molecule has 2 aromatic rings. The van der Waals surface area contributed by atoms with Crippen LogP contribution in [0.25, 0.3) is 11.3 Å². The predicted molar refractivity (Wildman–Crippen MR) is 71.8 cm³/mol. The molecule has 0 unspecified atom stereocenters. The molecule has 2 rings (SSSR count). The van der Waals surface area contributed by atoms with Gasteiger partial charge in [0.15, 0.2) is 5.78 Å². The average Bonchev–Trinajstić information content (AvgIpc) is 2.80. The predicted octanol–water partition coefficient (Wildman–Crippen LogP) is 2.31. The van der Waals surface area contributed by atoms with Crippen molar-refractivity contribution in [2.75, 3.05) is 14.2 Å². The summed E-state index contributed by atoms with van der Waals surface area (Å²) in [5.74, 6) is 1.33. The summed E-state index contributed by atoms with van der Waals surface area (Å²) < 4.78 is 12.2. The highest BCUT2D eigenvalue weighted by atomic mass is 16.5. The maximum absolute atomic E-state index is 11.4.